The van der Waals surface area contributed by atoms with Crippen molar-refractivity contribution in [3.8, 4) is 0 Å². The third-order valence-corrected chi connectivity index (χ3v) is 5.07. The third-order valence-electron chi connectivity index (χ3n) is 5.07. The first-order valence-corrected chi connectivity index (χ1v) is 10.4. The number of likely N-dealkylation sites (tertiary alicyclic amines) is 1. The molecule has 1 aliphatic heterocycles. The van der Waals surface area contributed by atoms with Crippen LogP contribution in [0.1, 0.15) is 59.8 Å². The topological polar surface area (TPSA) is 42.9 Å². The Labute approximate surface area is 156 Å². The highest BCUT2D eigenvalue weighted by molar-refractivity contribution is 5.80. The van der Waals surface area contributed by atoms with Gasteiger partial charge in [0.05, 0.1) is 0 Å². The van der Waals surface area contributed by atoms with Crippen LogP contribution < -0.4 is 10.6 Å². The van der Waals surface area contributed by atoms with Gasteiger partial charge in [0.2, 0.25) is 0 Å². The summed E-state index contributed by atoms with van der Waals surface area (Å²) in [5.41, 5.74) is 0. The highest BCUT2D eigenvalue weighted by atomic mass is 15.3. The monoisotopic (exact) mass is 353 g/mol. The van der Waals surface area contributed by atoms with Crippen molar-refractivity contribution in [2.24, 2.45) is 10.9 Å². The summed E-state index contributed by atoms with van der Waals surface area (Å²) < 4.78 is 0. The normalized spacial score (nSPS) is 22.2. The van der Waals surface area contributed by atoms with Gasteiger partial charge in [-0.3, -0.25) is 9.89 Å². The summed E-state index contributed by atoms with van der Waals surface area (Å²) in [5.74, 6) is 1.67. The summed E-state index contributed by atoms with van der Waals surface area (Å²) in [6.07, 6.45) is 6.46. The van der Waals surface area contributed by atoms with Crippen molar-refractivity contribution >= 4 is 5.96 Å². The summed E-state index contributed by atoms with van der Waals surface area (Å²) in [5, 5.41) is 7.08. The van der Waals surface area contributed by atoms with Crippen molar-refractivity contribution in [1.82, 2.24) is 20.4 Å². The Bertz CT molecular complexity index is 367. The minimum absolute atomic E-state index is 0.506. The zero-order chi connectivity index (χ0) is 18.7. The summed E-state index contributed by atoms with van der Waals surface area (Å²) in [7, 11) is 4.30. The molecule has 0 amide bonds. The molecule has 2 atom stereocenters. The Kier molecular flexibility index (Phi) is 11.1. The minimum atomic E-state index is 0.506. The van der Waals surface area contributed by atoms with Crippen LogP contribution in [0.4, 0.5) is 0 Å². The van der Waals surface area contributed by atoms with Crippen molar-refractivity contribution < 1.29 is 0 Å². The number of aliphatic imine (C=N–C) groups is 1. The van der Waals surface area contributed by atoms with E-state index in [0.717, 1.165) is 25.6 Å². The highest BCUT2D eigenvalue weighted by Crippen LogP contribution is 2.18. The Morgan fingerprint density at radius 1 is 1.12 bits per heavy atom. The van der Waals surface area contributed by atoms with E-state index in [4.69, 9.17) is 4.99 Å². The predicted molar refractivity (Wildman–Crippen MR) is 110 cm³/mol. The number of nitrogens with one attached hydrogen (secondary N) is 2. The molecule has 0 aromatic rings. The van der Waals surface area contributed by atoms with Crippen LogP contribution in [-0.4, -0.2) is 74.7 Å². The molecule has 0 aliphatic carbocycles. The molecule has 5 nitrogen and oxygen atoms in total. The molecule has 0 aromatic heterocycles. The van der Waals surface area contributed by atoms with Gasteiger partial charge in [0.1, 0.15) is 0 Å². The van der Waals surface area contributed by atoms with Gasteiger partial charge < -0.3 is 15.5 Å². The van der Waals surface area contributed by atoms with E-state index in [1.807, 2.05) is 0 Å². The molecule has 1 aliphatic rings. The van der Waals surface area contributed by atoms with Crippen LogP contribution >= 0.6 is 0 Å². The molecule has 148 valence electrons. The van der Waals surface area contributed by atoms with Crippen LogP contribution in [0.2, 0.25) is 0 Å². The summed E-state index contributed by atoms with van der Waals surface area (Å²) in [6.45, 7) is 14.4. The zero-order valence-electron chi connectivity index (χ0n) is 17.6. The van der Waals surface area contributed by atoms with Gasteiger partial charge in [-0.15, -0.1) is 0 Å². The van der Waals surface area contributed by atoms with E-state index >= 15 is 0 Å². The molecule has 0 spiro atoms. The molecule has 1 rings (SSSR count). The number of hydrogen-bond acceptors (Lipinski definition) is 3. The number of guanidine groups is 1. The van der Waals surface area contributed by atoms with Crippen molar-refractivity contribution in [3.05, 3.63) is 0 Å². The SMILES string of the molecule is CCNC(=NCCCCCCCN(C)C)NC1CN(C(C)C)CC1C. The van der Waals surface area contributed by atoms with Crippen molar-refractivity contribution in [3.63, 3.8) is 0 Å². The Morgan fingerprint density at radius 3 is 2.40 bits per heavy atom. The molecule has 0 bridgehead atoms. The molecule has 2 N–H and O–H groups in total. The molecular weight excluding hydrogens is 310 g/mol. The molecule has 0 aromatic carbocycles. The van der Waals surface area contributed by atoms with Crippen LogP contribution in [0.25, 0.3) is 0 Å². The van der Waals surface area contributed by atoms with E-state index in [-0.39, 0.29) is 0 Å². The van der Waals surface area contributed by atoms with Crippen molar-refractivity contribution in [2.45, 2.75) is 71.9 Å². The van der Waals surface area contributed by atoms with E-state index < -0.39 is 0 Å². The van der Waals surface area contributed by atoms with Gasteiger partial charge in [-0.2, -0.15) is 0 Å². The number of unbranched alkanes of at least 4 members (excludes halogenated alkanes) is 4. The fraction of sp³-hybridized carbons (Fsp3) is 0.950. The number of nitrogens with zero attached hydrogens (tertiary/aromatic N) is 3. The van der Waals surface area contributed by atoms with Gasteiger partial charge in [0.15, 0.2) is 5.96 Å². The lowest BCUT2D eigenvalue weighted by molar-refractivity contribution is 0.265. The predicted octanol–water partition coefficient (Wildman–Crippen LogP) is 2.78. The second kappa shape index (κ2) is 12.5. The van der Waals surface area contributed by atoms with Crippen molar-refractivity contribution in [1.29, 1.82) is 0 Å². The quantitative estimate of drug-likeness (QED) is 0.340. The molecule has 1 fully saturated rings. The average molecular weight is 354 g/mol. The van der Waals surface area contributed by atoms with E-state index in [1.165, 1.54) is 45.2 Å². The Morgan fingerprint density at radius 2 is 1.80 bits per heavy atom. The van der Waals surface area contributed by atoms with Crippen LogP contribution in [0.3, 0.4) is 0 Å². The van der Waals surface area contributed by atoms with Gasteiger partial charge in [0, 0.05) is 38.3 Å². The van der Waals surface area contributed by atoms with Crippen LogP contribution in [0.5, 0.6) is 0 Å². The van der Waals surface area contributed by atoms with Crippen LogP contribution in [0.15, 0.2) is 4.99 Å². The minimum Gasteiger partial charge on any atom is -0.357 e. The summed E-state index contributed by atoms with van der Waals surface area (Å²) in [4.78, 5) is 9.62. The maximum atomic E-state index is 4.79. The maximum Gasteiger partial charge on any atom is 0.191 e. The molecule has 0 saturated carbocycles. The summed E-state index contributed by atoms with van der Waals surface area (Å²) in [6, 6.07) is 1.13. The number of rotatable bonds is 11. The van der Waals surface area contributed by atoms with Crippen molar-refractivity contribution in [2.75, 3.05) is 46.8 Å². The van der Waals surface area contributed by atoms with Gasteiger partial charge in [-0.25, -0.2) is 0 Å². The van der Waals surface area contributed by atoms with Gasteiger partial charge in [-0.1, -0.05) is 26.2 Å². The lowest BCUT2D eigenvalue weighted by atomic mass is 10.1. The Balaban J connectivity index is 2.27. The molecule has 0 radical (unpaired) electrons. The van der Waals surface area contributed by atoms with Gasteiger partial charge in [0.25, 0.3) is 0 Å². The summed E-state index contributed by atoms with van der Waals surface area (Å²) >= 11 is 0. The fourth-order valence-electron chi connectivity index (χ4n) is 3.37. The average Bonchev–Trinajstić information content (AvgIpc) is 2.91. The third kappa shape index (κ3) is 9.45. The maximum absolute atomic E-state index is 4.79. The smallest absolute Gasteiger partial charge is 0.191 e. The second-order valence-electron chi connectivity index (χ2n) is 8.11. The standard InChI is InChI=1S/C20H43N5/c1-7-21-20(22-13-11-9-8-10-12-14-24(5)6)23-19-16-25(17(2)3)15-18(19)4/h17-19H,7-16H2,1-6H3,(H2,21,22,23). The largest absolute Gasteiger partial charge is 0.357 e. The number of hydrogen-bond donors (Lipinski definition) is 2. The van der Waals surface area contributed by atoms with Crippen LogP contribution in [0, 0.1) is 5.92 Å². The lowest BCUT2D eigenvalue weighted by Crippen LogP contribution is -2.46. The van der Waals surface area contributed by atoms with E-state index in [1.54, 1.807) is 0 Å². The molecular formula is C20H43N5. The zero-order valence-corrected chi connectivity index (χ0v) is 17.6. The highest BCUT2D eigenvalue weighted by Gasteiger charge is 2.31. The first kappa shape index (κ1) is 22.2. The lowest BCUT2D eigenvalue weighted by Gasteiger charge is -2.22. The first-order chi connectivity index (χ1) is 11.9. The molecule has 25 heavy (non-hydrogen) atoms. The molecule has 1 saturated heterocycles. The fourth-order valence-corrected chi connectivity index (χ4v) is 3.37. The molecule has 1 heterocycles. The van der Waals surface area contributed by atoms with Crippen LogP contribution in [-0.2, 0) is 0 Å². The van der Waals surface area contributed by atoms with Gasteiger partial charge >= 0.3 is 0 Å². The van der Waals surface area contributed by atoms with Gasteiger partial charge in [-0.05, 0) is 60.2 Å². The van der Waals surface area contributed by atoms with E-state index in [9.17, 15) is 0 Å². The van der Waals surface area contributed by atoms with E-state index in [0.29, 0.717) is 18.0 Å². The first-order valence-electron chi connectivity index (χ1n) is 10.4. The molecule has 2 unspecified atom stereocenters. The second-order valence-corrected chi connectivity index (χ2v) is 8.11. The Hall–Kier alpha value is -0.810. The van der Waals surface area contributed by atoms with E-state index in [2.05, 4.69) is 62.2 Å². The molecule has 5 heteroatoms.